The molecule has 160 valence electrons. The molecule has 0 atom stereocenters. The molecule has 0 unspecified atom stereocenters. The first-order valence-electron chi connectivity index (χ1n) is 9.80. The Hall–Kier alpha value is -2.62. The van der Waals surface area contributed by atoms with E-state index in [4.69, 9.17) is 14.2 Å². The van der Waals surface area contributed by atoms with Crippen molar-refractivity contribution in [1.29, 1.82) is 0 Å². The van der Waals surface area contributed by atoms with Crippen LogP contribution in [0.2, 0.25) is 0 Å². The predicted molar refractivity (Wildman–Crippen MR) is 111 cm³/mol. The molecule has 1 fully saturated rings. The predicted octanol–water partition coefficient (Wildman–Crippen LogP) is 1.82. The van der Waals surface area contributed by atoms with E-state index >= 15 is 0 Å². The van der Waals surface area contributed by atoms with E-state index in [1.54, 1.807) is 24.0 Å². The number of rotatable bonds is 5. The third-order valence-electron chi connectivity index (χ3n) is 5.13. The second-order valence-corrected chi connectivity index (χ2v) is 9.03. The van der Waals surface area contributed by atoms with Gasteiger partial charge in [0.25, 0.3) is 5.91 Å². The fourth-order valence-electron chi connectivity index (χ4n) is 3.53. The SMILES string of the molecule is Cc1cc(S(=O)(=O)N2CCOCC2)ccc1OCC(=O)N1CCOc2ccccc21. The molecule has 0 bridgehead atoms. The maximum atomic E-state index is 12.8. The van der Waals surface area contributed by atoms with Gasteiger partial charge in [0.2, 0.25) is 10.0 Å². The Bertz CT molecular complexity index is 1030. The van der Waals surface area contributed by atoms with Gasteiger partial charge in [0.1, 0.15) is 18.1 Å². The van der Waals surface area contributed by atoms with Crippen molar-refractivity contribution in [1.82, 2.24) is 4.31 Å². The summed E-state index contributed by atoms with van der Waals surface area (Å²) >= 11 is 0. The number of carbonyl (C=O) groups is 1. The summed E-state index contributed by atoms with van der Waals surface area (Å²) in [7, 11) is -3.57. The van der Waals surface area contributed by atoms with Gasteiger partial charge in [0, 0.05) is 13.1 Å². The van der Waals surface area contributed by atoms with Crippen LogP contribution in [0.15, 0.2) is 47.4 Å². The van der Waals surface area contributed by atoms with E-state index in [0.717, 1.165) is 5.69 Å². The van der Waals surface area contributed by atoms with Crippen LogP contribution in [-0.2, 0) is 19.6 Å². The maximum Gasteiger partial charge on any atom is 0.265 e. The molecule has 1 saturated heterocycles. The lowest BCUT2D eigenvalue weighted by Gasteiger charge is -2.29. The Morgan fingerprint density at radius 3 is 2.60 bits per heavy atom. The van der Waals surface area contributed by atoms with Crippen LogP contribution >= 0.6 is 0 Å². The van der Waals surface area contributed by atoms with E-state index in [1.807, 2.05) is 24.3 Å². The fraction of sp³-hybridized carbons (Fsp3) is 0.381. The zero-order valence-electron chi connectivity index (χ0n) is 16.7. The first kappa shape index (κ1) is 20.6. The number of ether oxygens (including phenoxy) is 3. The fourth-order valence-corrected chi connectivity index (χ4v) is 5.02. The molecule has 0 spiro atoms. The van der Waals surface area contributed by atoms with Gasteiger partial charge in [-0.05, 0) is 42.8 Å². The van der Waals surface area contributed by atoms with E-state index < -0.39 is 10.0 Å². The molecule has 0 aromatic heterocycles. The number of aryl methyl sites for hydroxylation is 1. The number of nitrogens with zero attached hydrogens (tertiary/aromatic N) is 2. The summed E-state index contributed by atoms with van der Waals surface area (Å²) in [6, 6.07) is 12.1. The van der Waals surface area contributed by atoms with Crippen LogP contribution < -0.4 is 14.4 Å². The van der Waals surface area contributed by atoms with Gasteiger partial charge in [-0.25, -0.2) is 8.42 Å². The van der Waals surface area contributed by atoms with Crippen LogP contribution in [0.1, 0.15) is 5.56 Å². The van der Waals surface area contributed by atoms with Crippen molar-refractivity contribution in [3.8, 4) is 11.5 Å². The highest BCUT2D eigenvalue weighted by Gasteiger charge is 2.27. The molecule has 2 aliphatic rings. The van der Waals surface area contributed by atoms with E-state index in [9.17, 15) is 13.2 Å². The zero-order valence-corrected chi connectivity index (χ0v) is 17.6. The molecule has 1 amide bonds. The standard InChI is InChI=1S/C21H24N2O6S/c1-16-14-17(30(25,26)22-8-11-27-12-9-22)6-7-19(16)29-15-21(24)23-10-13-28-20-5-3-2-4-18(20)23/h2-7,14H,8-13,15H2,1H3. The van der Waals surface area contributed by atoms with Gasteiger partial charge >= 0.3 is 0 Å². The largest absolute Gasteiger partial charge is 0.490 e. The van der Waals surface area contributed by atoms with Gasteiger partial charge < -0.3 is 19.1 Å². The number of para-hydroxylation sites is 2. The highest BCUT2D eigenvalue weighted by atomic mass is 32.2. The molecule has 0 N–H and O–H groups in total. The molecule has 2 aliphatic heterocycles. The molecule has 2 aromatic rings. The molecule has 0 aliphatic carbocycles. The van der Waals surface area contributed by atoms with E-state index in [-0.39, 0.29) is 17.4 Å². The summed E-state index contributed by atoms with van der Waals surface area (Å²) in [5.41, 5.74) is 1.38. The lowest BCUT2D eigenvalue weighted by Crippen LogP contribution is -2.40. The number of amides is 1. The lowest BCUT2D eigenvalue weighted by molar-refractivity contribution is -0.120. The van der Waals surface area contributed by atoms with Gasteiger partial charge in [-0.1, -0.05) is 12.1 Å². The van der Waals surface area contributed by atoms with Gasteiger partial charge in [-0.2, -0.15) is 4.31 Å². The molecular weight excluding hydrogens is 408 g/mol. The summed E-state index contributed by atoms with van der Waals surface area (Å²) in [5, 5.41) is 0. The van der Waals surface area contributed by atoms with Gasteiger partial charge in [-0.15, -0.1) is 0 Å². The topological polar surface area (TPSA) is 85.4 Å². The van der Waals surface area contributed by atoms with Crippen molar-refractivity contribution < 1.29 is 27.4 Å². The van der Waals surface area contributed by atoms with E-state index in [2.05, 4.69) is 0 Å². The normalized spacial score (nSPS) is 17.2. The summed E-state index contributed by atoms with van der Waals surface area (Å²) in [4.78, 5) is 14.6. The van der Waals surface area contributed by atoms with Crippen LogP contribution in [-0.4, -0.2) is 64.7 Å². The Labute approximate surface area is 176 Å². The number of benzene rings is 2. The van der Waals surface area contributed by atoms with Crippen molar-refractivity contribution >= 4 is 21.6 Å². The molecule has 8 nitrogen and oxygen atoms in total. The van der Waals surface area contributed by atoms with Crippen molar-refractivity contribution in [2.75, 3.05) is 51.0 Å². The summed E-state index contributed by atoms with van der Waals surface area (Å²) < 4.78 is 43.5. The van der Waals surface area contributed by atoms with Crippen LogP contribution in [0.5, 0.6) is 11.5 Å². The third-order valence-corrected chi connectivity index (χ3v) is 7.03. The number of morpholine rings is 1. The monoisotopic (exact) mass is 432 g/mol. The first-order valence-corrected chi connectivity index (χ1v) is 11.2. The Balaban J connectivity index is 1.44. The van der Waals surface area contributed by atoms with Crippen LogP contribution in [0, 0.1) is 6.92 Å². The maximum absolute atomic E-state index is 12.8. The van der Waals surface area contributed by atoms with Crippen LogP contribution in [0.25, 0.3) is 0 Å². The number of carbonyl (C=O) groups excluding carboxylic acids is 1. The minimum Gasteiger partial charge on any atom is -0.490 e. The van der Waals surface area contributed by atoms with Gasteiger partial charge in [-0.3, -0.25) is 4.79 Å². The Morgan fingerprint density at radius 1 is 1.07 bits per heavy atom. The van der Waals surface area contributed by atoms with E-state index in [1.165, 1.54) is 10.4 Å². The smallest absolute Gasteiger partial charge is 0.265 e. The minimum atomic E-state index is -3.57. The van der Waals surface area contributed by atoms with Crippen molar-refractivity contribution in [2.45, 2.75) is 11.8 Å². The number of hydrogen-bond donors (Lipinski definition) is 0. The zero-order chi connectivity index (χ0) is 21.1. The van der Waals surface area contributed by atoms with Gasteiger partial charge in [0.05, 0.1) is 30.3 Å². The number of anilines is 1. The number of sulfonamides is 1. The van der Waals surface area contributed by atoms with E-state index in [0.29, 0.717) is 56.5 Å². The highest BCUT2D eigenvalue weighted by Crippen LogP contribution is 2.31. The average Bonchev–Trinajstić information content (AvgIpc) is 2.78. The molecule has 0 saturated carbocycles. The molecule has 2 heterocycles. The summed E-state index contributed by atoms with van der Waals surface area (Å²) in [5.74, 6) is 0.965. The molecule has 30 heavy (non-hydrogen) atoms. The lowest BCUT2D eigenvalue weighted by atomic mass is 10.2. The quantitative estimate of drug-likeness (QED) is 0.717. The average molecular weight is 432 g/mol. The number of hydrogen-bond acceptors (Lipinski definition) is 6. The van der Waals surface area contributed by atoms with Crippen molar-refractivity contribution in [3.05, 3.63) is 48.0 Å². The third kappa shape index (κ3) is 4.14. The molecular formula is C21H24N2O6S. The molecule has 2 aromatic carbocycles. The van der Waals surface area contributed by atoms with Crippen LogP contribution in [0.4, 0.5) is 5.69 Å². The molecule has 0 radical (unpaired) electrons. The van der Waals surface area contributed by atoms with Crippen LogP contribution in [0.3, 0.4) is 0 Å². The van der Waals surface area contributed by atoms with Gasteiger partial charge in [0.15, 0.2) is 6.61 Å². The second-order valence-electron chi connectivity index (χ2n) is 7.09. The van der Waals surface area contributed by atoms with Crippen molar-refractivity contribution in [3.63, 3.8) is 0 Å². The second kappa shape index (κ2) is 8.63. The number of fused-ring (bicyclic) bond motifs is 1. The van der Waals surface area contributed by atoms with Crippen molar-refractivity contribution in [2.24, 2.45) is 0 Å². The molecule has 4 rings (SSSR count). The molecule has 9 heteroatoms. The summed E-state index contributed by atoms with van der Waals surface area (Å²) in [6.07, 6.45) is 0. The Morgan fingerprint density at radius 2 is 1.83 bits per heavy atom. The highest BCUT2D eigenvalue weighted by molar-refractivity contribution is 7.89. The summed E-state index contributed by atoms with van der Waals surface area (Å²) in [6.45, 7) is 3.97. The Kier molecular flexibility index (Phi) is 5.94. The first-order chi connectivity index (χ1) is 14.5. The minimum absolute atomic E-state index is 0.148.